The molecule has 12 aromatic rings. The maximum atomic E-state index is 6.92. The van der Waals surface area contributed by atoms with Crippen molar-refractivity contribution >= 4 is 0 Å². The maximum absolute atomic E-state index is 6.92. The molecule has 0 bridgehead atoms. The lowest BCUT2D eigenvalue weighted by molar-refractivity contribution is 0.485. The average molecular weight is 941 g/mol. The lowest BCUT2D eigenvalue weighted by Gasteiger charge is -2.17. The smallest absolute Gasteiger partial charge is 0.164 e. The van der Waals surface area contributed by atoms with Crippen molar-refractivity contribution in [1.82, 2.24) is 49.8 Å². The van der Waals surface area contributed by atoms with Crippen LogP contribution in [0.4, 0.5) is 0 Å². The molecule has 0 N–H and O–H groups in total. The highest BCUT2D eigenvalue weighted by molar-refractivity contribution is 5.89. The van der Waals surface area contributed by atoms with Crippen LogP contribution in [0.3, 0.4) is 0 Å². The third-order valence-corrected chi connectivity index (χ3v) is 12.3. The van der Waals surface area contributed by atoms with E-state index in [9.17, 15) is 0 Å². The molecule has 0 spiro atoms. The van der Waals surface area contributed by atoms with Crippen molar-refractivity contribution in [3.8, 4) is 124 Å². The molecule has 0 aliphatic rings. The summed E-state index contributed by atoms with van der Waals surface area (Å²) in [5, 5.41) is 0. The van der Waals surface area contributed by atoms with Crippen LogP contribution in [0.5, 0.6) is 11.5 Å². The molecule has 11 heteroatoms. The summed E-state index contributed by atoms with van der Waals surface area (Å²) in [4.78, 5) is 47.7. The topological polar surface area (TPSA) is 138 Å². The summed E-state index contributed by atoms with van der Waals surface area (Å²) >= 11 is 0. The molecule has 0 radical (unpaired) electrons. The largest absolute Gasteiger partial charge is 0.457 e. The molecule has 73 heavy (non-hydrogen) atoms. The number of ether oxygens (including phenoxy) is 1. The lowest BCUT2D eigenvalue weighted by Crippen LogP contribution is -2.03. The van der Waals surface area contributed by atoms with Crippen molar-refractivity contribution in [2.75, 3.05) is 0 Å². The van der Waals surface area contributed by atoms with Gasteiger partial charge in [0.1, 0.15) is 11.5 Å². The van der Waals surface area contributed by atoms with E-state index in [0.717, 1.165) is 78.0 Å². The predicted molar refractivity (Wildman–Crippen MR) is 285 cm³/mol. The van der Waals surface area contributed by atoms with Crippen LogP contribution in [0.1, 0.15) is 0 Å². The fourth-order valence-electron chi connectivity index (χ4n) is 8.80. The quantitative estimate of drug-likeness (QED) is 0.116. The van der Waals surface area contributed by atoms with Gasteiger partial charge in [-0.25, -0.2) is 44.9 Å². The Bertz CT molecular complexity index is 3720. The van der Waals surface area contributed by atoms with Gasteiger partial charge in [-0.3, -0.25) is 4.98 Å². The summed E-state index contributed by atoms with van der Waals surface area (Å²) in [5.74, 6) is 4.61. The van der Waals surface area contributed by atoms with Crippen LogP contribution < -0.4 is 4.74 Å². The minimum atomic E-state index is 0.479. The molecule has 0 saturated heterocycles. The second kappa shape index (κ2) is 20.0. The zero-order valence-corrected chi connectivity index (χ0v) is 39.0. The van der Waals surface area contributed by atoms with Gasteiger partial charge in [-0.05, 0) is 82.4 Å². The first-order valence-electron chi connectivity index (χ1n) is 23.6. The van der Waals surface area contributed by atoms with Crippen LogP contribution in [0.15, 0.2) is 244 Å². The van der Waals surface area contributed by atoms with Crippen molar-refractivity contribution in [3.63, 3.8) is 0 Å². The Morgan fingerprint density at radius 2 is 0.644 bits per heavy atom. The molecule has 344 valence electrons. The predicted octanol–water partition coefficient (Wildman–Crippen LogP) is 14.1. The SMILES string of the molecule is c1ccc(-c2cccc(Oc3cc(-c4ncccn4)ccc3-c3ccccc3-c3nc(-c4ccccc4-c4ccc(-c5ncccn5)cc4)nc(-c4ccccc4-c4ccc(-c5ncccn5)cc4)n3)c2)nc1. The first-order chi connectivity index (χ1) is 36.2. The molecule has 0 saturated carbocycles. The Labute approximate surface area is 420 Å². The molecule has 7 aromatic carbocycles. The van der Waals surface area contributed by atoms with Crippen LogP contribution in [-0.4, -0.2) is 49.8 Å². The van der Waals surface area contributed by atoms with Gasteiger partial charge < -0.3 is 4.74 Å². The summed E-state index contributed by atoms with van der Waals surface area (Å²) in [5.41, 5.74) is 12.4. The lowest BCUT2D eigenvalue weighted by atomic mass is 9.95. The fourth-order valence-corrected chi connectivity index (χ4v) is 8.80. The number of pyridine rings is 1. The number of aromatic nitrogens is 10. The Kier molecular flexibility index (Phi) is 12.0. The van der Waals surface area contributed by atoms with Gasteiger partial charge in [0.15, 0.2) is 34.9 Å². The highest BCUT2D eigenvalue weighted by atomic mass is 16.5. The average Bonchev–Trinajstić information content (AvgIpc) is 3.48. The van der Waals surface area contributed by atoms with Gasteiger partial charge >= 0.3 is 0 Å². The molecule has 11 nitrogen and oxygen atoms in total. The molecular weight excluding hydrogens is 901 g/mol. The number of hydrogen-bond donors (Lipinski definition) is 0. The van der Waals surface area contributed by atoms with Crippen molar-refractivity contribution in [1.29, 1.82) is 0 Å². The number of hydrogen-bond acceptors (Lipinski definition) is 11. The molecule has 5 aromatic heterocycles. The van der Waals surface area contributed by atoms with E-state index >= 15 is 0 Å². The van der Waals surface area contributed by atoms with E-state index in [4.69, 9.17) is 19.7 Å². The summed E-state index contributed by atoms with van der Waals surface area (Å²) in [6, 6.07) is 66.3. The van der Waals surface area contributed by atoms with Crippen molar-refractivity contribution in [3.05, 3.63) is 244 Å². The highest BCUT2D eigenvalue weighted by Gasteiger charge is 2.22. The third-order valence-electron chi connectivity index (χ3n) is 12.3. The summed E-state index contributed by atoms with van der Waals surface area (Å²) < 4.78 is 6.92. The second-order valence-electron chi connectivity index (χ2n) is 16.9. The number of nitrogens with zero attached hydrogens (tertiary/aromatic N) is 10. The Morgan fingerprint density at radius 3 is 1.14 bits per heavy atom. The number of rotatable bonds is 12. The van der Waals surface area contributed by atoms with E-state index < -0.39 is 0 Å². The fraction of sp³-hybridized carbons (Fsp3) is 0. The van der Waals surface area contributed by atoms with E-state index in [0.29, 0.717) is 46.4 Å². The molecule has 0 aliphatic carbocycles. The summed E-state index contributed by atoms with van der Waals surface area (Å²) in [6.45, 7) is 0. The van der Waals surface area contributed by atoms with Gasteiger partial charge in [-0.15, -0.1) is 0 Å². The van der Waals surface area contributed by atoms with Crippen molar-refractivity contribution < 1.29 is 4.74 Å². The Morgan fingerprint density at radius 1 is 0.233 bits per heavy atom. The highest BCUT2D eigenvalue weighted by Crippen LogP contribution is 2.42. The monoisotopic (exact) mass is 940 g/mol. The standard InChI is InChI=1S/C62H40N10O/c1-4-18-52(48(15-1)41-22-26-43(27-23-41)57-64-33-10-34-65-57)60-70-61(53-19-5-2-16-49(53)42-24-28-44(29-25-42)58-66-35-11-36-67-58)72-62(71-60)54-20-6-3-17-50(54)51-31-30-46(59-68-37-12-38-69-59)40-56(51)73-47-14-9-13-45(39-47)55-21-7-8-32-63-55/h1-40H. The first-order valence-corrected chi connectivity index (χ1v) is 23.6. The van der Waals surface area contributed by atoms with Crippen LogP contribution in [0.25, 0.3) is 113 Å². The minimum absolute atomic E-state index is 0.479. The zero-order valence-electron chi connectivity index (χ0n) is 39.0. The van der Waals surface area contributed by atoms with E-state index in [1.807, 2.05) is 140 Å². The molecule has 0 atom stereocenters. The summed E-state index contributed by atoms with van der Waals surface area (Å²) in [7, 11) is 0. The van der Waals surface area contributed by atoms with Gasteiger partial charge in [-0.1, -0.05) is 146 Å². The third kappa shape index (κ3) is 9.32. The Balaban J connectivity index is 1.02. The van der Waals surface area contributed by atoms with Crippen LogP contribution in [0.2, 0.25) is 0 Å². The normalized spacial score (nSPS) is 11.0. The summed E-state index contributed by atoms with van der Waals surface area (Å²) in [6.07, 6.45) is 12.2. The van der Waals surface area contributed by atoms with Crippen LogP contribution in [0, 0.1) is 0 Å². The van der Waals surface area contributed by atoms with Crippen molar-refractivity contribution in [2.24, 2.45) is 0 Å². The van der Waals surface area contributed by atoms with Gasteiger partial charge in [0.2, 0.25) is 0 Å². The number of benzene rings is 7. The van der Waals surface area contributed by atoms with E-state index in [2.05, 4.69) is 89.5 Å². The van der Waals surface area contributed by atoms with Gasteiger partial charge in [0, 0.05) is 87.9 Å². The van der Waals surface area contributed by atoms with Crippen LogP contribution >= 0.6 is 0 Å². The molecule has 0 amide bonds. The molecule has 0 unspecified atom stereocenters. The zero-order chi connectivity index (χ0) is 48.8. The van der Waals surface area contributed by atoms with E-state index in [1.54, 1.807) is 49.4 Å². The van der Waals surface area contributed by atoms with Crippen molar-refractivity contribution in [2.45, 2.75) is 0 Å². The minimum Gasteiger partial charge on any atom is -0.457 e. The van der Waals surface area contributed by atoms with E-state index in [1.165, 1.54) is 0 Å². The van der Waals surface area contributed by atoms with E-state index in [-0.39, 0.29) is 0 Å². The maximum Gasteiger partial charge on any atom is 0.164 e. The van der Waals surface area contributed by atoms with Gasteiger partial charge in [-0.2, -0.15) is 0 Å². The molecule has 12 rings (SSSR count). The Hall–Kier alpha value is -10.3. The molecule has 0 aliphatic heterocycles. The van der Waals surface area contributed by atoms with Gasteiger partial charge in [0.05, 0.1) is 5.69 Å². The van der Waals surface area contributed by atoms with Gasteiger partial charge in [0.25, 0.3) is 0 Å². The molecular formula is C62H40N10O. The first kappa shape index (κ1) is 44.0. The second-order valence-corrected chi connectivity index (χ2v) is 16.9. The van der Waals surface area contributed by atoms with Crippen LogP contribution in [-0.2, 0) is 0 Å². The molecule has 5 heterocycles. The molecule has 0 fully saturated rings.